The van der Waals surface area contributed by atoms with Gasteiger partial charge in [0.15, 0.2) is 0 Å². The predicted molar refractivity (Wildman–Crippen MR) is 43.3 cm³/mol. The fourth-order valence-electron chi connectivity index (χ4n) is 1.17. The van der Waals surface area contributed by atoms with Crippen LogP contribution in [0.15, 0.2) is 5.11 Å². The molecule has 1 rings (SSSR count). The van der Waals surface area contributed by atoms with Crippen molar-refractivity contribution < 1.29 is 0 Å². The SMILES string of the molecule is [N-]=[N+]=NCCN1CCNCC1. The Morgan fingerprint density at radius 2 is 2.18 bits per heavy atom. The predicted octanol–water partition coefficient (Wildman–Crippen LogP) is 0.202. The summed E-state index contributed by atoms with van der Waals surface area (Å²) in [4.78, 5) is 5.00. The maximum absolute atomic E-state index is 8.02. The number of nitrogens with zero attached hydrogens (tertiary/aromatic N) is 4. The first-order valence-corrected chi connectivity index (χ1v) is 3.87. The lowest BCUT2D eigenvalue weighted by Crippen LogP contribution is -2.44. The highest BCUT2D eigenvalue weighted by molar-refractivity contribution is 4.67. The van der Waals surface area contributed by atoms with E-state index in [0.717, 1.165) is 32.7 Å². The molecule has 0 radical (unpaired) electrons. The van der Waals surface area contributed by atoms with Crippen LogP contribution in [0.4, 0.5) is 0 Å². The lowest BCUT2D eigenvalue weighted by Gasteiger charge is -2.26. The molecule has 0 aliphatic carbocycles. The first kappa shape index (κ1) is 8.33. The Kier molecular flexibility index (Phi) is 3.75. The van der Waals surface area contributed by atoms with Gasteiger partial charge >= 0.3 is 0 Å². The van der Waals surface area contributed by atoms with Gasteiger partial charge in [0.1, 0.15) is 0 Å². The second kappa shape index (κ2) is 4.96. The summed E-state index contributed by atoms with van der Waals surface area (Å²) in [6.07, 6.45) is 0. The number of rotatable bonds is 3. The van der Waals surface area contributed by atoms with Crippen molar-refractivity contribution in [3.63, 3.8) is 0 Å². The zero-order chi connectivity index (χ0) is 7.94. The molecular formula is C6H13N5. The summed E-state index contributed by atoms with van der Waals surface area (Å²) in [7, 11) is 0. The van der Waals surface area contributed by atoms with E-state index >= 15 is 0 Å². The van der Waals surface area contributed by atoms with Gasteiger partial charge in [-0.2, -0.15) is 0 Å². The average Bonchev–Trinajstić information content (AvgIpc) is 2.07. The van der Waals surface area contributed by atoms with Gasteiger partial charge in [-0.15, -0.1) is 0 Å². The fourth-order valence-corrected chi connectivity index (χ4v) is 1.17. The highest BCUT2D eigenvalue weighted by Gasteiger charge is 2.06. The third-order valence-corrected chi connectivity index (χ3v) is 1.79. The van der Waals surface area contributed by atoms with Crippen molar-refractivity contribution in [1.29, 1.82) is 0 Å². The van der Waals surface area contributed by atoms with E-state index < -0.39 is 0 Å². The summed E-state index contributed by atoms with van der Waals surface area (Å²) < 4.78 is 0. The molecule has 0 aromatic rings. The summed E-state index contributed by atoms with van der Waals surface area (Å²) in [6.45, 7) is 5.73. The molecule has 0 unspecified atom stereocenters. The minimum Gasteiger partial charge on any atom is -0.314 e. The molecule has 1 aliphatic rings. The molecule has 1 heterocycles. The van der Waals surface area contributed by atoms with Crippen LogP contribution in [0.1, 0.15) is 0 Å². The molecule has 1 N–H and O–H groups in total. The number of hydrogen-bond acceptors (Lipinski definition) is 3. The minimum absolute atomic E-state index is 0.594. The van der Waals surface area contributed by atoms with E-state index in [1.165, 1.54) is 0 Å². The Balaban J connectivity index is 2.09. The van der Waals surface area contributed by atoms with E-state index in [0.29, 0.717) is 6.54 Å². The van der Waals surface area contributed by atoms with Crippen LogP contribution in [0.3, 0.4) is 0 Å². The van der Waals surface area contributed by atoms with Gasteiger partial charge in [0, 0.05) is 44.2 Å². The topological polar surface area (TPSA) is 64.0 Å². The van der Waals surface area contributed by atoms with Crippen molar-refractivity contribution in [2.45, 2.75) is 0 Å². The Hall–Kier alpha value is -0.770. The monoisotopic (exact) mass is 155 g/mol. The number of piperazine rings is 1. The summed E-state index contributed by atoms with van der Waals surface area (Å²) in [5, 5.41) is 6.74. The molecule has 0 aromatic heterocycles. The summed E-state index contributed by atoms with van der Waals surface area (Å²) in [5.74, 6) is 0. The fraction of sp³-hybridized carbons (Fsp3) is 1.00. The molecule has 1 fully saturated rings. The van der Waals surface area contributed by atoms with Crippen LogP contribution in [0.5, 0.6) is 0 Å². The Labute approximate surface area is 66.0 Å². The molecule has 5 nitrogen and oxygen atoms in total. The van der Waals surface area contributed by atoms with Gasteiger partial charge < -0.3 is 10.2 Å². The Morgan fingerprint density at radius 1 is 1.45 bits per heavy atom. The maximum atomic E-state index is 8.02. The van der Waals surface area contributed by atoms with Crippen molar-refractivity contribution >= 4 is 0 Å². The molecule has 0 saturated carbocycles. The van der Waals surface area contributed by atoms with Gasteiger partial charge in [-0.25, -0.2) is 0 Å². The first-order chi connectivity index (χ1) is 5.43. The molecular weight excluding hydrogens is 142 g/mol. The molecule has 5 heteroatoms. The molecule has 0 aromatic carbocycles. The van der Waals surface area contributed by atoms with Crippen LogP contribution < -0.4 is 5.32 Å². The second-order valence-corrected chi connectivity index (χ2v) is 2.55. The molecule has 1 aliphatic heterocycles. The molecule has 1 saturated heterocycles. The van der Waals surface area contributed by atoms with Gasteiger partial charge in [-0.3, -0.25) is 0 Å². The molecule has 0 bridgehead atoms. The van der Waals surface area contributed by atoms with Crippen LogP contribution in [0.25, 0.3) is 10.4 Å². The quantitative estimate of drug-likeness (QED) is 0.359. The van der Waals surface area contributed by atoms with Gasteiger partial charge in [-0.05, 0) is 5.53 Å². The third kappa shape index (κ3) is 3.23. The molecule has 0 spiro atoms. The van der Waals surface area contributed by atoms with Gasteiger partial charge in [0.05, 0.1) is 0 Å². The smallest absolute Gasteiger partial charge is 0.0385 e. The summed E-state index contributed by atoms with van der Waals surface area (Å²) in [6, 6.07) is 0. The third-order valence-electron chi connectivity index (χ3n) is 1.79. The zero-order valence-electron chi connectivity index (χ0n) is 6.53. The van der Waals surface area contributed by atoms with Crippen molar-refractivity contribution in [1.82, 2.24) is 10.2 Å². The average molecular weight is 155 g/mol. The highest BCUT2D eigenvalue weighted by atomic mass is 15.2. The molecule has 0 amide bonds. The van der Waals surface area contributed by atoms with E-state index in [1.54, 1.807) is 0 Å². The van der Waals surface area contributed by atoms with Crippen LogP contribution in [-0.4, -0.2) is 44.2 Å². The van der Waals surface area contributed by atoms with Crippen molar-refractivity contribution in [3.8, 4) is 0 Å². The van der Waals surface area contributed by atoms with E-state index in [1.807, 2.05) is 0 Å². The standard InChI is InChI=1S/C6H13N5/c7-10-9-3-6-11-4-1-8-2-5-11/h8H,1-6H2. The van der Waals surface area contributed by atoms with E-state index in [4.69, 9.17) is 5.53 Å². The number of azide groups is 1. The highest BCUT2D eigenvalue weighted by Crippen LogP contribution is 1.90. The first-order valence-electron chi connectivity index (χ1n) is 3.87. The molecule has 11 heavy (non-hydrogen) atoms. The number of hydrogen-bond donors (Lipinski definition) is 1. The minimum atomic E-state index is 0.594. The van der Waals surface area contributed by atoms with Gasteiger partial charge in [0.25, 0.3) is 0 Å². The second-order valence-electron chi connectivity index (χ2n) is 2.55. The van der Waals surface area contributed by atoms with E-state index in [9.17, 15) is 0 Å². The summed E-state index contributed by atoms with van der Waals surface area (Å²) >= 11 is 0. The van der Waals surface area contributed by atoms with E-state index in [-0.39, 0.29) is 0 Å². The van der Waals surface area contributed by atoms with Crippen LogP contribution in [0.2, 0.25) is 0 Å². The zero-order valence-corrected chi connectivity index (χ0v) is 6.53. The molecule has 62 valence electrons. The van der Waals surface area contributed by atoms with Gasteiger partial charge in [-0.1, -0.05) is 5.11 Å². The lowest BCUT2D eigenvalue weighted by atomic mass is 10.3. The Morgan fingerprint density at radius 3 is 2.82 bits per heavy atom. The lowest BCUT2D eigenvalue weighted by molar-refractivity contribution is 0.247. The summed E-state index contributed by atoms with van der Waals surface area (Å²) in [5.41, 5.74) is 8.02. The van der Waals surface area contributed by atoms with Crippen molar-refractivity contribution in [2.24, 2.45) is 5.11 Å². The van der Waals surface area contributed by atoms with Crippen molar-refractivity contribution in [3.05, 3.63) is 10.4 Å². The van der Waals surface area contributed by atoms with Crippen LogP contribution in [0, 0.1) is 0 Å². The Bertz CT molecular complexity index is 145. The molecule has 0 atom stereocenters. The normalized spacial score (nSPS) is 19.3. The van der Waals surface area contributed by atoms with Crippen LogP contribution in [-0.2, 0) is 0 Å². The number of nitrogens with one attached hydrogen (secondary N) is 1. The van der Waals surface area contributed by atoms with E-state index in [2.05, 4.69) is 20.2 Å². The van der Waals surface area contributed by atoms with Crippen molar-refractivity contribution in [2.75, 3.05) is 39.3 Å². The largest absolute Gasteiger partial charge is 0.314 e. The van der Waals surface area contributed by atoms with Crippen LogP contribution >= 0.6 is 0 Å². The maximum Gasteiger partial charge on any atom is 0.0385 e. The van der Waals surface area contributed by atoms with Gasteiger partial charge in [0.2, 0.25) is 0 Å².